The van der Waals surface area contributed by atoms with Crippen molar-refractivity contribution in [2.75, 3.05) is 0 Å². The molecular weight excluding hydrogens is 641 g/mol. The summed E-state index contributed by atoms with van der Waals surface area (Å²) in [4.78, 5) is 5.14. The van der Waals surface area contributed by atoms with Gasteiger partial charge in [0.05, 0.1) is 24.7 Å². The van der Waals surface area contributed by atoms with Gasteiger partial charge >= 0.3 is 0 Å². The Labute approximate surface area is 323 Å². The standard InChI is InChI=1S/C51H34N2/c1-4-16-35(17-5-1)37-20-14-21-39(32-37)50-44-27-11-10-26-43(44)49(45-31-30-38(34-46(45)50)36-18-6-2-7-19-36)40-22-15-23-41(33-40)51-52-47-28-12-13-29-48(47)53(51)42-24-8-3-9-25-42/h1-34H/i1D,2D,4D,5D,6D,7D,16D,17D,18D,19D. The molecule has 0 aliphatic heterocycles. The smallest absolute Gasteiger partial charge is 0.145 e. The molecular formula is C51H34N2. The summed E-state index contributed by atoms with van der Waals surface area (Å²) in [6.07, 6.45) is 0. The van der Waals surface area contributed by atoms with Crippen LogP contribution in [0, 0.1) is 0 Å². The molecule has 1 aromatic heterocycles. The maximum atomic E-state index is 8.88. The van der Waals surface area contributed by atoms with Crippen LogP contribution < -0.4 is 0 Å². The van der Waals surface area contributed by atoms with Crippen LogP contribution in [0.2, 0.25) is 0 Å². The highest BCUT2D eigenvalue weighted by molar-refractivity contribution is 6.22. The average molecular weight is 685 g/mol. The molecule has 10 rings (SSSR count). The molecule has 10 aromatic rings. The van der Waals surface area contributed by atoms with Gasteiger partial charge in [0.15, 0.2) is 0 Å². The minimum atomic E-state index is -0.478. The molecule has 0 aliphatic rings. The monoisotopic (exact) mass is 684 g/mol. The zero-order valence-electron chi connectivity index (χ0n) is 38.3. The van der Waals surface area contributed by atoms with E-state index in [-0.39, 0.29) is 35.3 Å². The Bertz CT molecular complexity index is 3470. The number of benzene rings is 9. The number of fused-ring (bicyclic) bond motifs is 3. The summed E-state index contributed by atoms with van der Waals surface area (Å²) in [6, 6.07) is 43.3. The molecule has 9 aromatic carbocycles. The van der Waals surface area contributed by atoms with Crippen molar-refractivity contribution >= 4 is 32.6 Å². The van der Waals surface area contributed by atoms with E-state index in [0.717, 1.165) is 61.0 Å². The summed E-state index contributed by atoms with van der Waals surface area (Å²) in [7, 11) is 0. The fourth-order valence-electron chi connectivity index (χ4n) is 7.45. The molecule has 0 spiro atoms. The fourth-order valence-corrected chi connectivity index (χ4v) is 7.45. The molecule has 0 aliphatic carbocycles. The lowest BCUT2D eigenvalue weighted by Gasteiger charge is -2.19. The summed E-state index contributed by atoms with van der Waals surface area (Å²) in [6.45, 7) is 0. The molecule has 0 saturated heterocycles. The number of hydrogen-bond acceptors (Lipinski definition) is 1. The number of imidazole rings is 1. The predicted molar refractivity (Wildman–Crippen MR) is 223 cm³/mol. The quantitative estimate of drug-likeness (QED) is 0.159. The molecule has 0 radical (unpaired) electrons. The van der Waals surface area contributed by atoms with Gasteiger partial charge in [0.2, 0.25) is 0 Å². The van der Waals surface area contributed by atoms with Gasteiger partial charge in [-0.15, -0.1) is 0 Å². The maximum Gasteiger partial charge on any atom is 0.145 e. The topological polar surface area (TPSA) is 17.8 Å². The summed E-state index contributed by atoms with van der Waals surface area (Å²) in [5.41, 5.74) is 7.93. The molecule has 0 bridgehead atoms. The first-order valence-electron chi connectivity index (χ1n) is 22.3. The van der Waals surface area contributed by atoms with Crippen LogP contribution in [0.15, 0.2) is 206 Å². The SMILES string of the molecule is [2H]c1c([2H])c([2H])c(-c2cccc(-c3c4ccccc4c(-c4cccc(-c5nc6ccccc6n5-c5ccccc5)c4)c4ccc(-c5c([2H])c([2H])c([2H])c([2H])c5[2H])cc34)c2)c([2H])c1[2H]. The Morgan fingerprint density at radius 2 is 0.906 bits per heavy atom. The second-order valence-corrected chi connectivity index (χ2v) is 12.8. The third-order valence-electron chi connectivity index (χ3n) is 9.74. The predicted octanol–water partition coefficient (Wildman–Crippen LogP) is 13.7. The zero-order chi connectivity index (χ0) is 43.8. The van der Waals surface area contributed by atoms with Crippen LogP contribution in [0.1, 0.15) is 13.7 Å². The van der Waals surface area contributed by atoms with Gasteiger partial charge in [0.1, 0.15) is 5.82 Å². The minimum absolute atomic E-state index is 0.0678. The number of nitrogens with zero attached hydrogens (tertiary/aromatic N) is 2. The van der Waals surface area contributed by atoms with Crippen molar-refractivity contribution in [1.82, 2.24) is 9.55 Å². The van der Waals surface area contributed by atoms with E-state index in [0.29, 0.717) is 22.1 Å². The Balaban J connectivity index is 1.28. The van der Waals surface area contributed by atoms with E-state index >= 15 is 0 Å². The van der Waals surface area contributed by atoms with E-state index in [1.165, 1.54) is 0 Å². The van der Waals surface area contributed by atoms with Crippen LogP contribution >= 0.6 is 0 Å². The number of para-hydroxylation sites is 3. The van der Waals surface area contributed by atoms with Gasteiger partial charge in [0.25, 0.3) is 0 Å². The average Bonchev–Trinajstić information content (AvgIpc) is 3.71. The van der Waals surface area contributed by atoms with Crippen LogP contribution in [0.4, 0.5) is 0 Å². The first-order chi connectivity index (χ1) is 30.4. The summed E-state index contributed by atoms with van der Waals surface area (Å²) >= 11 is 0. The minimum Gasteiger partial charge on any atom is -0.292 e. The molecule has 2 nitrogen and oxygen atoms in total. The van der Waals surface area contributed by atoms with E-state index in [1.54, 1.807) is 18.2 Å². The molecule has 53 heavy (non-hydrogen) atoms. The molecule has 0 saturated carbocycles. The van der Waals surface area contributed by atoms with Crippen LogP contribution in [-0.4, -0.2) is 9.55 Å². The van der Waals surface area contributed by atoms with Crippen LogP contribution in [-0.2, 0) is 0 Å². The highest BCUT2D eigenvalue weighted by Gasteiger charge is 2.20. The van der Waals surface area contributed by atoms with E-state index in [4.69, 9.17) is 18.7 Å². The van der Waals surface area contributed by atoms with Crippen molar-refractivity contribution in [2.24, 2.45) is 0 Å². The second kappa shape index (κ2) is 12.9. The van der Waals surface area contributed by atoms with Crippen molar-refractivity contribution in [1.29, 1.82) is 0 Å². The summed E-state index contributed by atoms with van der Waals surface area (Å²) < 4.78 is 87.6. The lowest BCUT2D eigenvalue weighted by molar-refractivity contribution is 1.10. The molecule has 1 heterocycles. The van der Waals surface area contributed by atoms with Crippen LogP contribution in [0.3, 0.4) is 0 Å². The Morgan fingerprint density at radius 1 is 0.377 bits per heavy atom. The lowest BCUT2D eigenvalue weighted by atomic mass is 9.84. The normalized spacial score (nSPS) is 14.0. The first-order valence-corrected chi connectivity index (χ1v) is 17.3. The highest BCUT2D eigenvalue weighted by Crippen LogP contribution is 2.46. The van der Waals surface area contributed by atoms with Gasteiger partial charge in [-0.2, -0.15) is 0 Å². The highest BCUT2D eigenvalue weighted by atomic mass is 15.1. The Kier molecular flexibility index (Phi) is 5.38. The molecule has 2 heteroatoms. The molecule has 0 N–H and O–H groups in total. The number of hydrogen-bond donors (Lipinski definition) is 0. The molecule has 248 valence electrons. The van der Waals surface area contributed by atoms with Crippen molar-refractivity contribution < 1.29 is 13.7 Å². The molecule has 0 unspecified atom stereocenters. The van der Waals surface area contributed by atoms with Gasteiger partial charge in [-0.1, -0.05) is 164 Å². The number of aromatic nitrogens is 2. The Hall–Kier alpha value is -7.03. The van der Waals surface area contributed by atoms with Gasteiger partial charge in [-0.25, -0.2) is 4.98 Å². The Morgan fingerprint density at radius 3 is 1.60 bits per heavy atom. The first kappa shape index (κ1) is 22.0. The van der Waals surface area contributed by atoms with E-state index in [2.05, 4.69) is 41.0 Å². The van der Waals surface area contributed by atoms with E-state index in [1.807, 2.05) is 91.0 Å². The summed E-state index contributed by atoms with van der Waals surface area (Å²) in [5, 5.41) is 3.30. The van der Waals surface area contributed by atoms with Crippen molar-refractivity contribution in [3.63, 3.8) is 0 Å². The van der Waals surface area contributed by atoms with Crippen LogP contribution in [0.5, 0.6) is 0 Å². The number of rotatable bonds is 6. The van der Waals surface area contributed by atoms with E-state index in [9.17, 15) is 0 Å². The fraction of sp³-hybridized carbons (Fsp3) is 0. The molecule has 0 fully saturated rings. The summed E-state index contributed by atoms with van der Waals surface area (Å²) in [5.74, 6) is 0.766. The third kappa shape index (κ3) is 5.40. The largest absolute Gasteiger partial charge is 0.292 e. The van der Waals surface area contributed by atoms with Crippen molar-refractivity contribution in [2.45, 2.75) is 0 Å². The third-order valence-corrected chi connectivity index (χ3v) is 9.74. The zero-order valence-corrected chi connectivity index (χ0v) is 28.3. The van der Waals surface area contributed by atoms with E-state index < -0.39 is 36.3 Å². The molecule has 0 amide bonds. The lowest BCUT2D eigenvalue weighted by Crippen LogP contribution is -1.97. The molecule has 0 atom stereocenters. The van der Waals surface area contributed by atoms with Crippen molar-refractivity contribution in [3.05, 3.63) is 206 Å². The van der Waals surface area contributed by atoms with Gasteiger partial charge in [0, 0.05) is 11.3 Å². The maximum absolute atomic E-state index is 8.88. The van der Waals surface area contributed by atoms with Crippen molar-refractivity contribution in [3.8, 4) is 61.6 Å². The van der Waals surface area contributed by atoms with Crippen LogP contribution in [0.25, 0.3) is 94.2 Å². The van der Waals surface area contributed by atoms with Gasteiger partial charge in [-0.05, 0) is 109 Å². The second-order valence-electron chi connectivity index (χ2n) is 12.8. The van der Waals surface area contributed by atoms with Gasteiger partial charge < -0.3 is 0 Å². The van der Waals surface area contributed by atoms with Gasteiger partial charge in [-0.3, -0.25) is 4.57 Å².